The number of nitrogens with zero attached hydrogens (tertiary/aromatic N) is 2. The smallest absolute Gasteiger partial charge is 0.253 e. The molecule has 1 fully saturated rings. The summed E-state index contributed by atoms with van der Waals surface area (Å²) in [4.78, 5) is 14.8. The van der Waals surface area contributed by atoms with Crippen molar-refractivity contribution in [2.24, 2.45) is 5.92 Å². The first-order valence-electron chi connectivity index (χ1n) is 9.94. The van der Waals surface area contributed by atoms with E-state index in [1.165, 1.54) is 18.2 Å². The van der Waals surface area contributed by atoms with E-state index in [0.717, 1.165) is 24.1 Å². The van der Waals surface area contributed by atoms with Crippen molar-refractivity contribution < 1.29 is 13.6 Å². The predicted molar refractivity (Wildman–Crippen MR) is 107 cm³/mol. The minimum atomic E-state index is -0.494. The van der Waals surface area contributed by atoms with Crippen LogP contribution in [0.1, 0.15) is 35.2 Å². The maximum absolute atomic E-state index is 13.9. The largest absolute Gasteiger partial charge is 0.338 e. The third-order valence-corrected chi connectivity index (χ3v) is 5.61. The lowest BCUT2D eigenvalue weighted by atomic mass is 9.91. The van der Waals surface area contributed by atoms with Crippen molar-refractivity contribution >= 4 is 5.91 Å². The Morgan fingerprint density at radius 1 is 1.10 bits per heavy atom. The number of likely N-dealkylation sites (tertiary alicyclic amines) is 1. The van der Waals surface area contributed by atoms with E-state index in [4.69, 9.17) is 0 Å². The molecule has 1 aliphatic rings. The number of benzene rings is 2. The van der Waals surface area contributed by atoms with Crippen LogP contribution >= 0.6 is 0 Å². The molecule has 1 aliphatic heterocycles. The molecule has 0 bridgehead atoms. The van der Waals surface area contributed by atoms with Crippen molar-refractivity contribution in [3.8, 4) is 11.3 Å². The molecule has 4 rings (SSSR count). The average Bonchev–Trinajstić information content (AvgIpc) is 3.28. The van der Waals surface area contributed by atoms with Gasteiger partial charge in [0.25, 0.3) is 5.91 Å². The molecular formula is C23H23F2N3O. The van der Waals surface area contributed by atoms with Crippen molar-refractivity contribution in [3.63, 3.8) is 0 Å². The zero-order valence-corrected chi connectivity index (χ0v) is 16.1. The van der Waals surface area contributed by atoms with Gasteiger partial charge < -0.3 is 4.90 Å². The van der Waals surface area contributed by atoms with Crippen LogP contribution in [0.25, 0.3) is 11.3 Å². The molecule has 1 N–H and O–H groups in total. The van der Waals surface area contributed by atoms with Crippen molar-refractivity contribution in [2.75, 3.05) is 13.1 Å². The normalized spacial score (nSPS) is 16.8. The van der Waals surface area contributed by atoms with Gasteiger partial charge in [0.1, 0.15) is 11.6 Å². The van der Waals surface area contributed by atoms with Crippen LogP contribution in [0.15, 0.2) is 54.7 Å². The molecule has 3 aromatic rings. The number of piperidine rings is 1. The summed E-state index contributed by atoms with van der Waals surface area (Å²) in [7, 11) is 0. The third kappa shape index (κ3) is 4.36. The number of carbonyl (C=O) groups excluding carboxylic acids is 1. The summed E-state index contributed by atoms with van der Waals surface area (Å²) in [5.74, 6) is -0.740. The predicted octanol–water partition coefficient (Wildman–Crippen LogP) is 4.84. The van der Waals surface area contributed by atoms with Crippen LogP contribution in [-0.2, 0) is 6.42 Å². The lowest BCUT2D eigenvalue weighted by molar-refractivity contribution is 0.0668. The first kappa shape index (κ1) is 19.3. The van der Waals surface area contributed by atoms with E-state index >= 15 is 0 Å². The molecule has 2 aromatic carbocycles. The zero-order chi connectivity index (χ0) is 20.2. The highest BCUT2D eigenvalue weighted by molar-refractivity contribution is 5.94. The van der Waals surface area contributed by atoms with Crippen LogP contribution in [0.5, 0.6) is 0 Å². The second kappa shape index (κ2) is 8.55. The maximum Gasteiger partial charge on any atom is 0.253 e. The van der Waals surface area contributed by atoms with Gasteiger partial charge >= 0.3 is 0 Å². The molecule has 1 amide bonds. The minimum Gasteiger partial charge on any atom is -0.338 e. The highest BCUT2D eigenvalue weighted by Gasteiger charge is 2.25. The van der Waals surface area contributed by atoms with Gasteiger partial charge in [-0.05, 0) is 67.5 Å². The molecule has 2 heterocycles. The standard InChI is InChI=1S/C23H23F2N3O/c24-20-4-1-5-21(25)19(20)11-6-16-3-2-14-28(15-16)23(29)18-9-7-17(8-10-18)22-12-13-26-27-22/h1,4-5,7-10,12-13,16H,2-3,6,11,14-15H2,(H,26,27). The third-order valence-electron chi connectivity index (χ3n) is 5.61. The molecular weight excluding hydrogens is 372 g/mol. The van der Waals surface area contributed by atoms with Gasteiger partial charge in [-0.3, -0.25) is 9.89 Å². The second-order valence-corrected chi connectivity index (χ2v) is 7.55. The Bertz CT molecular complexity index is 950. The van der Waals surface area contributed by atoms with E-state index in [1.807, 2.05) is 35.2 Å². The van der Waals surface area contributed by atoms with Gasteiger partial charge in [-0.2, -0.15) is 5.10 Å². The number of halogens is 2. The van der Waals surface area contributed by atoms with E-state index in [9.17, 15) is 13.6 Å². The van der Waals surface area contributed by atoms with E-state index in [2.05, 4.69) is 10.2 Å². The van der Waals surface area contributed by atoms with Crippen LogP contribution in [-0.4, -0.2) is 34.1 Å². The van der Waals surface area contributed by atoms with E-state index < -0.39 is 11.6 Å². The van der Waals surface area contributed by atoms with Gasteiger partial charge in [-0.1, -0.05) is 18.2 Å². The van der Waals surface area contributed by atoms with Crippen LogP contribution in [0, 0.1) is 17.6 Å². The van der Waals surface area contributed by atoms with Crippen molar-refractivity contribution in [3.05, 3.63) is 77.5 Å². The van der Waals surface area contributed by atoms with E-state index in [-0.39, 0.29) is 17.4 Å². The summed E-state index contributed by atoms with van der Waals surface area (Å²) < 4.78 is 27.7. The topological polar surface area (TPSA) is 49.0 Å². The van der Waals surface area contributed by atoms with Gasteiger partial charge in [0, 0.05) is 30.4 Å². The molecule has 6 heteroatoms. The highest BCUT2D eigenvalue weighted by atomic mass is 19.1. The SMILES string of the molecule is O=C(c1ccc(-c2ccn[nH]2)cc1)N1CCCC(CCc2c(F)cccc2F)C1. The van der Waals surface area contributed by atoms with Gasteiger partial charge in [-0.25, -0.2) is 8.78 Å². The van der Waals surface area contributed by atoms with Crippen molar-refractivity contribution in [1.29, 1.82) is 0 Å². The minimum absolute atomic E-state index is 0.00272. The van der Waals surface area contributed by atoms with E-state index in [1.54, 1.807) is 6.20 Å². The van der Waals surface area contributed by atoms with Crippen LogP contribution in [0.3, 0.4) is 0 Å². The van der Waals surface area contributed by atoms with Crippen LogP contribution in [0.2, 0.25) is 0 Å². The first-order valence-corrected chi connectivity index (χ1v) is 9.94. The quantitative estimate of drug-likeness (QED) is 0.672. The Balaban J connectivity index is 1.38. The van der Waals surface area contributed by atoms with Crippen LogP contribution in [0.4, 0.5) is 8.78 Å². The van der Waals surface area contributed by atoms with Gasteiger partial charge in [0.15, 0.2) is 0 Å². The van der Waals surface area contributed by atoms with Crippen molar-refractivity contribution in [2.45, 2.75) is 25.7 Å². The number of aromatic amines is 1. The monoisotopic (exact) mass is 395 g/mol. The number of rotatable bonds is 5. The fraction of sp³-hybridized carbons (Fsp3) is 0.304. The fourth-order valence-corrected chi connectivity index (χ4v) is 4.00. The molecule has 1 aromatic heterocycles. The summed E-state index contributed by atoms with van der Waals surface area (Å²) in [5, 5.41) is 6.85. The van der Waals surface area contributed by atoms with E-state index in [0.29, 0.717) is 31.5 Å². The molecule has 1 atom stereocenters. The Kier molecular flexibility index (Phi) is 5.69. The van der Waals surface area contributed by atoms with Crippen molar-refractivity contribution in [1.82, 2.24) is 15.1 Å². The van der Waals surface area contributed by atoms with Gasteiger partial charge in [0.2, 0.25) is 0 Å². The zero-order valence-electron chi connectivity index (χ0n) is 16.1. The van der Waals surface area contributed by atoms with Crippen LogP contribution < -0.4 is 0 Å². The fourth-order valence-electron chi connectivity index (χ4n) is 4.00. The summed E-state index contributed by atoms with van der Waals surface area (Å²) in [6.45, 7) is 1.34. The average molecular weight is 395 g/mol. The summed E-state index contributed by atoms with van der Waals surface area (Å²) >= 11 is 0. The molecule has 150 valence electrons. The maximum atomic E-state index is 13.9. The molecule has 0 saturated carbocycles. The lowest BCUT2D eigenvalue weighted by Crippen LogP contribution is -2.40. The number of hydrogen-bond donors (Lipinski definition) is 1. The highest BCUT2D eigenvalue weighted by Crippen LogP contribution is 2.25. The molecule has 0 spiro atoms. The molecule has 1 unspecified atom stereocenters. The number of carbonyl (C=O) groups is 1. The summed E-state index contributed by atoms with van der Waals surface area (Å²) in [6.07, 6.45) is 4.58. The number of nitrogens with one attached hydrogen (secondary N) is 1. The number of hydrogen-bond acceptors (Lipinski definition) is 2. The number of H-pyrrole nitrogens is 1. The Morgan fingerprint density at radius 2 is 1.86 bits per heavy atom. The molecule has 29 heavy (non-hydrogen) atoms. The molecule has 0 aliphatic carbocycles. The van der Waals surface area contributed by atoms with Gasteiger partial charge in [-0.15, -0.1) is 0 Å². The Morgan fingerprint density at radius 3 is 2.55 bits per heavy atom. The first-order chi connectivity index (χ1) is 14.1. The number of aromatic nitrogens is 2. The Hall–Kier alpha value is -3.02. The second-order valence-electron chi connectivity index (χ2n) is 7.55. The molecule has 1 saturated heterocycles. The van der Waals surface area contributed by atoms with Gasteiger partial charge in [0.05, 0.1) is 5.69 Å². The molecule has 0 radical (unpaired) electrons. The summed E-state index contributed by atoms with van der Waals surface area (Å²) in [5.41, 5.74) is 2.67. The number of amides is 1. The summed E-state index contributed by atoms with van der Waals surface area (Å²) in [6, 6.07) is 13.3. The molecule has 4 nitrogen and oxygen atoms in total. The Labute approximate surface area is 168 Å². The lowest BCUT2D eigenvalue weighted by Gasteiger charge is -2.33.